The normalized spacial score (nSPS) is 23.9. The third-order valence-electron chi connectivity index (χ3n) is 5.79. The Morgan fingerprint density at radius 3 is 2.79 bits per heavy atom. The maximum Gasteiger partial charge on any atom is 0.253 e. The molecular weight excluding hydrogens is 359 g/mol. The zero-order chi connectivity index (χ0) is 19.6. The Kier molecular flexibility index (Phi) is 5.46. The average molecular weight is 386 g/mol. The van der Waals surface area contributed by atoms with Gasteiger partial charge in [0.25, 0.3) is 5.91 Å². The summed E-state index contributed by atoms with van der Waals surface area (Å²) in [6, 6.07) is 6.13. The minimum Gasteiger partial charge on any atom is -0.363 e. The largest absolute Gasteiger partial charge is 0.363 e. The van der Waals surface area contributed by atoms with Crippen LogP contribution in [0.3, 0.4) is 0 Å². The van der Waals surface area contributed by atoms with Gasteiger partial charge < -0.3 is 9.64 Å². The van der Waals surface area contributed by atoms with Crippen LogP contribution in [0.1, 0.15) is 31.7 Å². The lowest BCUT2D eigenvalue weighted by molar-refractivity contribution is -0.140. The van der Waals surface area contributed by atoms with E-state index in [9.17, 15) is 9.18 Å². The Labute approximate surface area is 164 Å². The minimum absolute atomic E-state index is 0.0645. The number of halogens is 1. The lowest BCUT2D eigenvalue weighted by Gasteiger charge is -2.42. The minimum atomic E-state index is -0.329. The number of ether oxygens (including phenoxy) is 1. The first-order valence-corrected chi connectivity index (χ1v) is 10.0. The molecule has 0 saturated carbocycles. The van der Waals surface area contributed by atoms with Crippen molar-refractivity contribution in [3.8, 4) is 0 Å². The fourth-order valence-electron chi connectivity index (χ4n) is 4.17. The number of aromatic nitrogens is 2. The molecule has 0 aliphatic carbocycles. The van der Waals surface area contributed by atoms with E-state index in [0.29, 0.717) is 6.54 Å². The van der Waals surface area contributed by atoms with Gasteiger partial charge in [0.15, 0.2) is 0 Å². The van der Waals surface area contributed by atoms with Crippen molar-refractivity contribution < 1.29 is 13.9 Å². The fraction of sp³-hybridized carbons (Fsp3) is 0.524. The first-order chi connectivity index (χ1) is 13.6. The molecule has 28 heavy (non-hydrogen) atoms. The van der Waals surface area contributed by atoms with Crippen LogP contribution in [-0.2, 0) is 22.6 Å². The summed E-state index contributed by atoms with van der Waals surface area (Å²) in [4.78, 5) is 16.6. The first kappa shape index (κ1) is 19.1. The molecule has 150 valence electrons. The predicted molar refractivity (Wildman–Crippen MR) is 104 cm³/mol. The number of aryl methyl sites for hydroxylation is 1. The highest BCUT2D eigenvalue weighted by Crippen LogP contribution is 2.33. The molecule has 1 atom stereocenters. The van der Waals surface area contributed by atoms with Gasteiger partial charge in [-0.05, 0) is 57.0 Å². The van der Waals surface area contributed by atoms with Crippen molar-refractivity contribution in [2.24, 2.45) is 0 Å². The number of anilines is 1. The van der Waals surface area contributed by atoms with Crippen molar-refractivity contribution in [2.45, 2.75) is 44.9 Å². The van der Waals surface area contributed by atoms with Gasteiger partial charge in [0.2, 0.25) is 0 Å². The quantitative estimate of drug-likeness (QED) is 0.811. The lowest BCUT2D eigenvalue weighted by Crippen LogP contribution is -2.55. The summed E-state index contributed by atoms with van der Waals surface area (Å²) in [5.74, 6) is -0.360. The Hall–Kier alpha value is -2.25. The monoisotopic (exact) mass is 386 g/mol. The molecule has 2 aromatic rings. The number of hydrogen-bond donors (Lipinski definition) is 0. The number of likely N-dealkylation sites (tertiary alicyclic amines) is 1. The molecule has 1 unspecified atom stereocenters. The lowest BCUT2D eigenvalue weighted by atomic mass is 9.92. The van der Waals surface area contributed by atoms with Crippen molar-refractivity contribution in [1.29, 1.82) is 0 Å². The van der Waals surface area contributed by atoms with Crippen molar-refractivity contribution in [3.63, 3.8) is 0 Å². The molecule has 1 aromatic carbocycles. The molecule has 3 heterocycles. The molecule has 6 nitrogen and oxygen atoms in total. The molecule has 0 N–H and O–H groups in total. The molecule has 0 radical (unpaired) electrons. The first-order valence-electron chi connectivity index (χ1n) is 10.0. The van der Waals surface area contributed by atoms with Crippen LogP contribution in [0.4, 0.5) is 10.1 Å². The standard InChI is InChI=1S/C21H27FN4O2/c1-2-25-14-17(12-23-25)13-24-10-3-8-21(9-11-24)16-26(20(27)15-28-21)19-6-4-18(22)5-7-19/h4-7,12,14H,2-3,8-11,13,15-16H2,1H3. The van der Waals surface area contributed by atoms with Crippen LogP contribution >= 0.6 is 0 Å². The molecular formula is C21H27FN4O2. The SMILES string of the molecule is CCn1cc(CN2CCCC3(CC2)CN(c2ccc(F)cc2)C(=O)CO3)cn1. The molecule has 7 heteroatoms. The van der Waals surface area contributed by atoms with Gasteiger partial charge in [-0.2, -0.15) is 5.10 Å². The Bertz CT molecular complexity index is 822. The van der Waals surface area contributed by atoms with Crippen LogP contribution in [0.5, 0.6) is 0 Å². The Morgan fingerprint density at radius 1 is 1.21 bits per heavy atom. The molecule has 1 spiro atoms. The van der Waals surface area contributed by atoms with E-state index in [-0.39, 0.29) is 23.9 Å². The number of amides is 1. The van der Waals surface area contributed by atoms with E-state index in [0.717, 1.165) is 51.1 Å². The number of carbonyl (C=O) groups excluding carboxylic acids is 1. The van der Waals surface area contributed by atoms with Gasteiger partial charge in [-0.1, -0.05) is 0 Å². The van der Waals surface area contributed by atoms with E-state index in [4.69, 9.17) is 4.74 Å². The van der Waals surface area contributed by atoms with Gasteiger partial charge in [-0.3, -0.25) is 14.4 Å². The van der Waals surface area contributed by atoms with E-state index >= 15 is 0 Å². The number of carbonyl (C=O) groups is 1. The zero-order valence-corrected chi connectivity index (χ0v) is 16.3. The van der Waals surface area contributed by atoms with Gasteiger partial charge in [-0.25, -0.2) is 4.39 Å². The molecule has 2 aliphatic rings. The smallest absolute Gasteiger partial charge is 0.253 e. The van der Waals surface area contributed by atoms with Crippen molar-refractivity contribution >= 4 is 11.6 Å². The van der Waals surface area contributed by atoms with Gasteiger partial charge in [0.1, 0.15) is 12.4 Å². The average Bonchev–Trinajstić information content (AvgIpc) is 3.07. The van der Waals surface area contributed by atoms with Crippen molar-refractivity contribution in [3.05, 3.63) is 48.0 Å². The van der Waals surface area contributed by atoms with E-state index in [1.54, 1.807) is 17.0 Å². The Morgan fingerprint density at radius 2 is 2.04 bits per heavy atom. The summed E-state index contributed by atoms with van der Waals surface area (Å²) in [7, 11) is 0. The molecule has 1 aromatic heterocycles. The summed E-state index contributed by atoms with van der Waals surface area (Å²) < 4.78 is 21.3. The number of morpholine rings is 1. The maximum absolute atomic E-state index is 13.3. The van der Waals surface area contributed by atoms with Gasteiger partial charge in [-0.15, -0.1) is 0 Å². The summed E-state index contributed by atoms with van der Waals surface area (Å²) in [5, 5.41) is 4.36. The Balaban J connectivity index is 1.43. The molecule has 2 fully saturated rings. The van der Waals surface area contributed by atoms with E-state index in [2.05, 4.69) is 23.1 Å². The van der Waals surface area contributed by atoms with Gasteiger partial charge in [0, 0.05) is 37.1 Å². The van der Waals surface area contributed by atoms with Gasteiger partial charge >= 0.3 is 0 Å². The second-order valence-corrected chi connectivity index (χ2v) is 7.76. The molecule has 2 saturated heterocycles. The van der Waals surface area contributed by atoms with Crippen LogP contribution < -0.4 is 4.90 Å². The fourth-order valence-corrected chi connectivity index (χ4v) is 4.17. The van der Waals surface area contributed by atoms with Crippen molar-refractivity contribution in [2.75, 3.05) is 31.1 Å². The molecule has 4 rings (SSSR count). The summed E-state index contributed by atoms with van der Waals surface area (Å²) in [6.07, 6.45) is 6.86. The highest BCUT2D eigenvalue weighted by atomic mass is 19.1. The van der Waals surface area contributed by atoms with Crippen LogP contribution in [0, 0.1) is 5.82 Å². The number of benzene rings is 1. The second kappa shape index (κ2) is 8.01. The molecule has 0 bridgehead atoms. The molecule has 2 aliphatic heterocycles. The topological polar surface area (TPSA) is 50.6 Å². The second-order valence-electron chi connectivity index (χ2n) is 7.76. The number of rotatable bonds is 4. The third-order valence-corrected chi connectivity index (χ3v) is 5.79. The highest BCUT2D eigenvalue weighted by molar-refractivity contribution is 5.95. The summed E-state index contributed by atoms with van der Waals surface area (Å²) >= 11 is 0. The van der Waals surface area contributed by atoms with Gasteiger partial charge in [0.05, 0.1) is 18.3 Å². The van der Waals surface area contributed by atoms with E-state index < -0.39 is 0 Å². The van der Waals surface area contributed by atoms with Crippen LogP contribution in [0.25, 0.3) is 0 Å². The third kappa shape index (κ3) is 4.10. The highest BCUT2D eigenvalue weighted by Gasteiger charge is 2.41. The number of hydrogen-bond acceptors (Lipinski definition) is 4. The number of nitrogens with zero attached hydrogens (tertiary/aromatic N) is 4. The van der Waals surface area contributed by atoms with Crippen molar-refractivity contribution in [1.82, 2.24) is 14.7 Å². The summed E-state index contributed by atoms with van der Waals surface area (Å²) in [6.45, 7) is 6.39. The van der Waals surface area contributed by atoms with Crippen LogP contribution in [-0.4, -0.2) is 52.4 Å². The van der Waals surface area contributed by atoms with E-state index in [1.165, 1.54) is 17.7 Å². The predicted octanol–water partition coefficient (Wildman–Crippen LogP) is 2.83. The van der Waals surface area contributed by atoms with Crippen LogP contribution in [0.15, 0.2) is 36.7 Å². The van der Waals surface area contributed by atoms with Crippen LogP contribution in [0.2, 0.25) is 0 Å². The summed E-state index contributed by atoms with van der Waals surface area (Å²) in [5.41, 5.74) is 1.64. The van der Waals surface area contributed by atoms with E-state index in [1.807, 2.05) is 10.9 Å². The zero-order valence-electron chi connectivity index (χ0n) is 16.3. The maximum atomic E-state index is 13.3. The molecule has 1 amide bonds.